The van der Waals surface area contributed by atoms with E-state index in [-0.39, 0.29) is 6.10 Å². The summed E-state index contributed by atoms with van der Waals surface area (Å²) in [5.74, 6) is 1.47. The van der Waals surface area contributed by atoms with Gasteiger partial charge in [-0.25, -0.2) is 9.97 Å². The lowest BCUT2D eigenvalue weighted by atomic mass is 10.2. The molecule has 94 valence electrons. The Morgan fingerprint density at radius 2 is 2.47 bits per heavy atom. The van der Waals surface area contributed by atoms with Crippen LogP contribution in [0.3, 0.4) is 0 Å². The average Bonchev–Trinajstić information content (AvgIpc) is 2.40. The first kappa shape index (κ1) is 12.1. The molecule has 1 aromatic rings. The van der Waals surface area contributed by atoms with Gasteiger partial charge in [0.25, 0.3) is 0 Å². The number of ether oxygens (including phenoxy) is 2. The molecule has 0 bridgehead atoms. The molecule has 1 atom stereocenters. The molecule has 6 heteroatoms. The maximum Gasteiger partial charge on any atom is 0.218 e. The molecule has 2 N–H and O–H groups in total. The number of nitrogens with zero attached hydrogens (tertiary/aromatic N) is 3. The van der Waals surface area contributed by atoms with E-state index in [1.165, 1.54) is 6.33 Å². The van der Waals surface area contributed by atoms with Crippen molar-refractivity contribution in [1.82, 2.24) is 9.97 Å². The highest BCUT2D eigenvalue weighted by atomic mass is 16.5. The van der Waals surface area contributed by atoms with E-state index in [0.717, 1.165) is 18.9 Å². The summed E-state index contributed by atoms with van der Waals surface area (Å²) in [6, 6.07) is 1.85. The van der Waals surface area contributed by atoms with Crippen LogP contribution in [0.15, 0.2) is 12.4 Å². The summed E-state index contributed by atoms with van der Waals surface area (Å²) in [5, 5.41) is 0. The van der Waals surface area contributed by atoms with Crippen molar-refractivity contribution in [3.8, 4) is 5.88 Å². The summed E-state index contributed by atoms with van der Waals surface area (Å²) in [7, 11) is 0. The third kappa shape index (κ3) is 3.04. The Morgan fingerprint density at radius 3 is 3.24 bits per heavy atom. The molecule has 0 amide bonds. The second-order valence-electron chi connectivity index (χ2n) is 3.82. The molecule has 2 heterocycles. The van der Waals surface area contributed by atoms with Crippen LogP contribution in [0.25, 0.3) is 0 Å². The maximum atomic E-state index is 5.61. The van der Waals surface area contributed by atoms with Crippen LogP contribution in [0.5, 0.6) is 5.88 Å². The average molecular weight is 238 g/mol. The molecule has 1 aliphatic rings. The van der Waals surface area contributed by atoms with E-state index in [1.807, 2.05) is 13.0 Å². The van der Waals surface area contributed by atoms with E-state index in [4.69, 9.17) is 15.2 Å². The molecular formula is C11H18N4O2. The maximum absolute atomic E-state index is 5.61. The third-order valence-electron chi connectivity index (χ3n) is 2.65. The SMILES string of the molecule is CCOc1cc(N2CCOC(CN)C2)ncn1. The van der Waals surface area contributed by atoms with Gasteiger partial charge in [0.05, 0.1) is 19.3 Å². The smallest absolute Gasteiger partial charge is 0.218 e. The highest BCUT2D eigenvalue weighted by Gasteiger charge is 2.20. The number of hydrogen-bond donors (Lipinski definition) is 1. The van der Waals surface area contributed by atoms with Crippen molar-refractivity contribution in [3.63, 3.8) is 0 Å². The zero-order valence-corrected chi connectivity index (χ0v) is 10.0. The number of morpholine rings is 1. The predicted molar refractivity (Wildman–Crippen MR) is 64.2 cm³/mol. The molecule has 6 nitrogen and oxygen atoms in total. The Hall–Kier alpha value is -1.40. The second kappa shape index (κ2) is 5.79. The van der Waals surface area contributed by atoms with E-state index < -0.39 is 0 Å². The lowest BCUT2D eigenvalue weighted by Crippen LogP contribution is -2.46. The highest BCUT2D eigenvalue weighted by Crippen LogP contribution is 2.18. The molecule has 0 spiro atoms. The Morgan fingerprint density at radius 1 is 1.59 bits per heavy atom. The van der Waals surface area contributed by atoms with Crippen molar-refractivity contribution in [2.75, 3.05) is 37.7 Å². The van der Waals surface area contributed by atoms with Gasteiger partial charge in [0.1, 0.15) is 12.1 Å². The molecule has 17 heavy (non-hydrogen) atoms. The lowest BCUT2D eigenvalue weighted by Gasteiger charge is -2.33. The quantitative estimate of drug-likeness (QED) is 0.798. The fourth-order valence-electron chi connectivity index (χ4n) is 1.80. The van der Waals surface area contributed by atoms with Crippen LogP contribution in [0.4, 0.5) is 5.82 Å². The first-order chi connectivity index (χ1) is 8.33. The van der Waals surface area contributed by atoms with Crippen LogP contribution >= 0.6 is 0 Å². The highest BCUT2D eigenvalue weighted by molar-refractivity contribution is 5.41. The molecule has 0 saturated carbocycles. The number of hydrogen-bond acceptors (Lipinski definition) is 6. The van der Waals surface area contributed by atoms with Gasteiger partial charge in [0, 0.05) is 25.7 Å². The van der Waals surface area contributed by atoms with Gasteiger partial charge in [0.2, 0.25) is 5.88 Å². The Balaban J connectivity index is 2.07. The standard InChI is InChI=1S/C11H18N4O2/c1-2-16-11-5-10(13-8-14-11)15-3-4-17-9(6-12)7-15/h5,8-9H,2-4,6-7,12H2,1H3. The topological polar surface area (TPSA) is 73.5 Å². The van der Waals surface area contributed by atoms with Crippen molar-refractivity contribution in [2.45, 2.75) is 13.0 Å². The summed E-state index contributed by atoms with van der Waals surface area (Å²) < 4.78 is 10.9. The summed E-state index contributed by atoms with van der Waals surface area (Å²) in [5.41, 5.74) is 5.61. The molecular weight excluding hydrogens is 220 g/mol. The van der Waals surface area contributed by atoms with Gasteiger partial charge in [-0.2, -0.15) is 0 Å². The fourth-order valence-corrected chi connectivity index (χ4v) is 1.80. The zero-order valence-electron chi connectivity index (χ0n) is 10.0. The molecule has 2 rings (SSSR count). The monoisotopic (exact) mass is 238 g/mol. The van der Waals surface area contributed by atoms with Crippen LogP contribution in [0.2, 0.25) is 0 Å². The molecule has 0 aliphatic carbocycles. The number of rotatable bonds is 4. The van der Waals surface area contributed by atoms with Crippen molar-refractivity contribution >= 4 is 5.82 Å². The molecule has 1 saturated heterocycles. The van der Waals surface area contributed by atoms with Crippen molar-refractivity contribution in [3.05, 3.63) is 12.4 Å². The van der Waals surface area contributed by atoms with Crippen molar-refractivity contribution in [2.24, 2.45) is 5.73 Å². The van der Waals surface area contributed by atoms with Gasteiger partial charge in [-0.15, -0.1) is 0 Å². The van der Waals surface area contributed by atoms with E-state index in [9.17, 15) is 0 Å². The Labute approximate surface area is 101 Å². The Bertz CT molecular complexity index is 361. The van der Waals surface area contributed by atoms with Crippen LogP contribution in [0.1, 0.15) is 6.92 Å². The molecule has 1 fully saturated rings. The summed E-state index contributed by atoms with van der Waals surface area (Å²) in [6.45, 7) is 5.32. The van der Waals surface area contributed by atoms with Crippen molar-refractivity contribution in [1.29, 1.82) is 0 Å². The van der Waals surface area contributed by atoms with Crippen molar-refractivity contribution < 1.29 is 9.47 Å². The first-order valence-electron chi connectivity index (χ1n) is 5.85. The van der Waals surface area contributed by atoms with E-state index in [0.29, 0.717) is 25.6 Å². The van der Waals surface area contributed by atoms with Gasteiger partial charge in [0.15, 0.2) is 0 Å². The van der Waals surface area contributed by atoms with E-state index in [1.54, 1.807) is 0 Å². The predicted octanol–water partition coefficient (Wildman–Crippen LogP) is 0.0392. The number of nitrogens with two attached hydrogens (primary N) is 1. The molecule has 1 aromatic heterocycles. The minimum Gasteiger partial charge on any atom is -0.478 e. The van der Waals surface area contributed by atoms with Gasteiger partial charge in [-0.05, 0) is 6.92 Å². The Kier molecular flexibility index (Phi) is 4.11. The zero-order chi connectivity index (χ0) is 12.1. The number of anilines is 1. The number of aromatic nitrogens is 2. The van der Waals surface area contributed by atoms with Crippen LogP contribution in [0, 0.1) is 0 Å². The normalized spacial score (nSPS) is 20.4. The van der Waals surface area contributed by atoms with Gasteiger partial charge in [-0.1, -0.05) is 0 Å². The molecule has 0 radical (unpaired) electrons. The minimum absolute atomic E-state index is 0.0780. The van der Waals surface area contributed by atoms with Crippen LogP contribution in [-0.4, -0.2) is 48.9 Å². The second-order valence-corrected chi connectivity index (χ2v) is 3.82. The molecule has 1 unspecified atom stereocenters. The van der Waals surface area contributed by atoms with E-state index in [2.05, 4.69) is 14.9 Å². The fraction of sp³-hybridized carbons (Fsp3) is 0.636. The largest absolute Gasteiger partial charge is 0.478 e. The summed E-state index contributed by atoms with van der Waals surface area (Å²) in [6.07, 6.45) is 1.60. The van der Waals surface area contributed by atoms with Gasteiger partial charge >= 0.3 is 0 Å². The third-order valence-corrected chi connectivity index (χ3v) is 2.65. The lowest BCUT2D eigenvalue weighted by molar-refractivity contribution is 0.0462. The first-order valence-corrected chi connectivity index (χ1v) is 5.85. The minimum atomic E-state index is 0.0780. The summed E-state index contributed by atoms with van der Waals surface area (Å²) >= 11 is 0. The van der Waals surface area contributed by atoms with Crippen LogP contribution < -0.4 is 15.4 Å². The summed E-state index contributed by atoms with van der Waals surface area (Å²) in [4.78, 5) is 10.4. The molecule has 0 aromatic carbocycles. The van der Waals surface area contributed by atoms with E-state index >= 15 is 0 Å². The van der Waals surface area contributed by atoms with Crippen LogP contribution in [-0.2, 0) is 4.74 Å². The molecule has 1 aliphatic heterocycles. The van der Waals surface area contributed by atoms with Gasteiger partial charge in [-0.3, -0.25) is 0 Å². The van der Waals surface area contributed by atoms with Gasteiger partial charge < -0.3 is 20.1 Å².